The van der Waals surface area contributed by atoms with Gasteiger partial charge in [0, 0.05) is 6.20 Å². The average Bonchev–Trinajstić information content (AvgIpc) is 3.29. The zero-order valence-corrected chi connectivity index (χ0v) is 19.2. The number of nitrogens with zero attached hydrogens (tertiary/aromatic N) is 5. The number of guanidine groups is 1. The third-order valence-corrected chi connectivity index (χ3v) is 3.93. The fourth-order valence-electron chi connectivity index (χ4n) is 2.43. The maximum Gasteiger partial charge on any atom is 0.416 e. The zero-order chi connectivity index (χ0) is 23.8. The molecule has 2 N–H and O–H groups in total. The molecule has 1 fully saturated rings. The van der Waals surface area contributed by atoms with Crippen molar-refractivity contribution in [2.24, 2.45) is 20.7 Å². The molecule has 0 aliphatic carbocycles. The Bertz CT molecular complexity index is 882. The summed E-state index contributed by atoms with van der Waals surface area (Å²) in [6, 6.07) is 13.3. The molecule has 0 saturated carbocycles. The number of amides is 1. The predicted molar refractivity (Wildman–Crippen MR) is 128 cm³/mol. The maximum atomic E-state index is 11.8. The SMILES string of the molecule is C=N/C(C)=N\C(=NCc1ccc(OCc2ccccn2)cc1)N1CCOC1=O.CC.CN. The van der Waals surface area contributed by atoms with Gasteiger partial charge in [0.15, 0.2) is 0 Å². The molecular formula is C23H32N6O3. The van der Waals surface area contributed by atoms with Crippen molar-refractivity contribution in [3.8, 4) is 5.75 Å². The molecule has 9 nitrogen and oxygen atoms in total. The van der Waals surface area contributed by atoms with E-state index in [0.29, 0.717) is 32.1 Å². The van der Waals surface area contributed by atoms with Crippen molar-refractivity contribution >= 4 is 24.6 Å². The molecule has 1 saturated heterocycles. The van der Waals surface area contributed by atoms with E-state index in [1.54, 1.807) is 13.1 Å². The number of benzene rings is 1. The number of rotatable bonds is 5. The van der Waals surface area contributed by atoms with Crippen LogP contribution in [0.25, 0.3) is 0 Å². The van der Waals surface area contributed by atoms with Gasteiger partial charge in [-0.2, -0.15) is 4.99 Å². The van der Waals surface area contributed by atoms with Crippen LogP contribution in [-0.4, -0.2) is 54.7 Å². The first kappa shape index (κ1) is 26.4. The van der Waals surface area contributed by atoms with E-state index in [0.717, 1.165) is 17.0 Å². The second-order valence-corrected chi connectivity index (χ2v) is 5.95. The molecule has 9 heteroatoms. The van der Waals surface area contributed by atoms with E-state index in [-0.39, 0.29) is 5.96 Å². The van der Waals surface area contributed by atoms with E-state index < -0.39 is 6.09 Å². The van der Waals surface area contributed by atoms with Crippen LogP contribution in [0.5, 0.6) is 5.75 Å². The standard InChI is InChI=1S/C20H21N5O3.C2H6.CH5N/c1-15(21-2)24-19(25-11-12-27-20(25)26)23-13-16-6-8-18(9-7-16)28-14-17-5-3-4-10-22-17;2*1-2/h3-10H,2,11-14H2,1H3;1-2H3;2H2,1H3/b23-19?,24-15-;;. The lowest BCUT2D eigenvalue weighted by molar-refractivity contribution is 0.168. The van der Waals surface area contributed by atoms with Gasteiger partial charge in [0.1, 0.15) is 24.8 Å². The van der Waals surface area contributed by atoms with E-state index >= 15 is 0 Å². The molecule has 1 aliphatic rings. The normalized spacial score (nSPS) is 13.3. The monoisotopic (exact) mass is 440 g/mol. The number of aromatic nitrogens is 1. The number of nitrogens with two attached hydrogens (primary N) is 1. The fourth-order valence-corrected chi connectivity index (χ4v) is 2.43. The Hall–Kier alpha value is -3.59. The van der Waals surface area contributed by atoms with E-state index in [2.05, 4.69) is 32.4 Å². The first-order valence-electron chi connectivity index (χ1n) is 10.4. The highest BCUT2D eigenvalue weighted by molar-refractivity contribution is 6.02. The topological polar surface area (TPSA) is 115 Å². The number of carbonyl (C=O) groups excluding carboxylic acids is 1. The molecule has 2 aromatic rings. The molecule has 1 aromatic heterocycles. The third-order valence-electron chi connectivity index (χ3n) is 3.93. The van der Waals surface area contributed by atoms with E-state index in [1.165, 1.54) is 11.9 Å². The van der Waals surface area contributed by atoms with Gasteiger partial charge in [-0.1, -0.05) is 32.0 Å². The summed E-state index contributed by atoms with van der Waals surface area (Å²) in [6.45, 7) is 10.6. The van der Waals surface area contributed by atoms with Gasteiger partial charge in [-0.25, -0.2) is 19.7 Å². The summed E-state index contributed by atoms with van der Waals surface area (Å²) in [4.78, 5) is 29.9. The molecule has 0 bridgehead atoms. The molecule has 172 valence electrons. The molecule has 1 aliphatic heterocycles. The Morgan fingerprint density at radius 3 is 2.50 bits per heavy atom. The first-order valence-corrected chi connectivity index (χ1v) is 10.4. The van der Waals surface area contributed by atoms with Crippen LogP contribution in [0, 0.1) is 0 Å². The Morgan fingerprint density at radius 1 is 1.22 bits per heavy atom. The number of ether oxygens (including phenoxy) is 2. The average molecular weight is 441 g/mol. The van der Waals surface area contributed by atoms with Crippen molar-refractivity contribution in [2.45, 2.75) is 33.9 Å². The van der Waals surface area contributed by atoms with Crippen LogP contribution in [0.4, 0.5) is 4.79 Å². The van der Waals surface area contributed by atoms with Gasteiger partial charge in [-0.3, -0.25) is 4.98 Å². The van der Waals surface area contributed by atoms with Crippen molar-refractivity contribution < 1.29 is 14.3 Å². The maximum absolute atomic E-state index is 11.8. The van der Waals surface area contributed by atoms with Crippen molar-refractivity contribution in [2.75, 3.05) is 20.2 Å². The molecule has 32 heavy (non-hydrogen) atoms. The molecule has 2 heterocycles. The highest BCUT2D eigenvalue weighted by Gasteiger charge is 2.26. The second kappa shape index (κ2) is 15.2. The number of hydrogen-bond donors (Lipinski definition) is 1. The Morgan fingerprint density at radius 2 is 1.94 bits per heavy atom. The molecule has 0 unspecified atom stereocenters. The minimum absolute atomic E-state index is 0.267. The predicted octanol–water partition coefficient (Wildman–Crippen LogP) is 3.69. The van der Waals surface area contributed by atoms with Crippen molar-refractivity contribution in [3.63, 3.8) is 0 Å². The molecular weight excluding hydrogens is 408 g/mol. The van der Waals surface area contributed by atoms with Crippen LogP contribution in [-0.2, 0) is 17.9 Å². The lowest BCUT2D eigenvalue weighted by atomic mass is 10.2. The fraction of sp³-hybridized carbons (Fsp3) is 0.348. The number of carbonyl (C=O) groups is 1. The second-order valence-electron chi connectivity index (χ2n) is 5.95. The van der Waals surface area contributed by atoms with Crippen molar-refractivity contribution in [3.05, 3.63) is 59.9 Å². The van der Waals surface area contributed by atoms with Gasteiger partial charge in [0.25, 0.3) is 0 Å². The van der Waals surface area contributed by atoms with E-state index in [1.807, 2.05) is 56.3 Å². The minimum Gasteiger partial charge on any atom is -0.487 e. The van der Waals surface area contributed by atoms with Gasteiger partial charge in [-0.15, -0.1) is 0 Å². The summed E-state index contributed by atoms with van der Waals surface area (Å²) in [7, 11) is 1.50. The molecule has 1 aromatic carbocycles. The number of amidine groups is 1. The first-order chi connectivity index (χ1) is 15.7. The van der Waals surface area contributed by atoms with Crippen molar-refractivity contribution in [1.82, 2.24) is 9.88 Å². The van der Waals surface area contributed by atoms with Gasteiger partial charge < -0.3 is 15.2 Å². The highest BCUT2D eigenvalue weighted by Crippen LogP contribution is 2.15. The summed E-state index contributed by atoms with van der Waals surface area (Å²) in [5, 5.41) is 0. The van der Waals surface area contributed by atoms with Crippen LogP contribution in [0.2, 0.25) is 0 Å². The van der Waals surface area contributed by atoms with Crippen LogP contribution < -0.4 is 10.5 Å². The Balaban J connectivity index is 0.00000121. The summed E-state index contributed by atoms with van der Waals surface area (Å²) in [5.74, 6) is 1.44. The quantitative estimate of drug-likeness (QED) is 0.562. The molecule has 0 spiro atoms. The third kappa shape index (κ3) is 8.65. The van der Waals surface area contributed by atoms with Crippen LogP contribution in [0.3, 0.4) is 0 Å². The smallest absolute Gasteiger partial charge is 0.416 e. The van der Waals surface area contributed by atoms with Crippen LogP contribution in [0.1, 0.15) is 32.0 Å². The summed E-state index contributed by atoms with van der Waals surface area (Å²) < 4.78 is 10.7. The molecule has 0 radical (unpaired) electrons. The lowest BCUT2D eigenvalue weighted by Gasteiger charge is -2.12. The Labute approximate surface area is 189 Å². The highest BCUT2D eigenvalue weighted by atomic mass is 16.6. The van der Waals surface area contributed by atoms with Gasteiger partial charge in [-0.05, 0) is 50.5 Å². The van der Waals surface area contributed by atoms with E-state index in [4.69, 9.17) is 9.47 Å². The summed E-state index contributed by atoms with van der Waals surface area (Å²) >= 11 is 0. The lowest BCUT2D eigenvalue weighted by Crippen LogP contribution is -2.31. The Kier molecular flexibility index (Phi) is 12.6. The van der Waals surface area contributed by atoms with Crippen LogP contribution >= 0.6 is 0 Å². The van der Waals surface area contributed by atoms with Gasteiger partial charge in [0.05, 0.1) is 18.8 Å². The molecule has 1 amide bonds. The largest absolute Gasteiger partial charge is 0.487 e. The minimum atomic E-state index is -0.461. The number of aliphatic imine (C=N–C) groups is 3. The van der Waals surface area contributed by atoms with E-state index in [9.17, 15) is 4.79 Å². The molecule has 0 atom stereocenters. The number of cyclic esters (lactones) is 1. The van der Waals surface area contributed by atoms with Crippen molar-refractivity contribution in [1.29, 1.82) is 0 Å². The van der Waals surface area contributed by atoms with Gasteiger partial charge in [0.2, 0.25) is 5.96 Å². The van der Waals surface area contributed by atoms with Crippen LogP contribution in [0.15, 0.2) is 63.6 Å². The zero-order valence-electron chi connectivity index (χ0n) is 19.2. The summed E-state index contributed by atoms with van der Waals surface area (Å²) in [5.41, 5.74) is 6.32. The number of hydrogen-bond acceptors (Lipinski definition) is 6. The molecule has 3 rings (SSSR count). The van der Waals surface area contributed by atoms with Gasteiger partial charge >= 0.3 is 6.09 Å². The number of pyridine rings is 1. The summed E-state index contributed by atoms with van der Waals surface area (Å²) in [6.07, 6.45) is 1.28.